The summed E-state index contributed by atoms with van der Waals surface area (Å²) < 4.78 is 11.9. The van der Waals surface area contributed by atoms with Gasteiger partial charge in [0, 0.05) is 7.05 Å². The fraction of sp³-hybridized carbons (Fsp3) is 0.375. The molecule has 0 aromatic carbocycles. The molecule has 14 heavy (non-hydrogen) atoms. The summed E-state index contributed by atoms with van der Waals surface area (Å²) in [7, 11) is 4.94. The van der Waals surface area contributed by atoms with E-state index < -0.39 is 0 Å². The van der Waals surface area contributed by atoms with Gasteiger partial charge < -0.3 is 14.0 Å². The molecule has 0 N–H and O–H groups in total. The van der Waals surface area contributed by atoms with Crippen LogP contribution in [0.2, 0.25) is 0 Å². The van der Waals surface area contributed by atoms with Gasteiger partial charge in [0.1, 0.15) is 5.52 Å². The van der Waals surface area contributed by atoms with Crippen molar-refractivity contribution in [2.75, 3.05) is 14.2 Å². The molecule has 0 bridgehead atoms. The maximum atomic E-state index is 5.08. The molecular weight excluding hydrogens is 184 g/mol. The lowest BCUT2D eigenvalue weighted by Crippen LogP contribution is -1.98. The van der Waals surface area contributed by atoms with E-state index in [1.165, 1.54) is 7.11 Å². The van der Waals surface area contributed by atoms with Gasteiger partial charge in [-0.05, 0) is 0 Å². The molecular formula is C8H10N4O2. The minimum absolute atomic E-state index is 0.404. The first kappa shape index (κ1) is 8.74. The molecule has 6 nitrogen and oxygen atoms in total. The molecule has 0 fully saturated rings. The fourth-order valence-electron chi connectivity index (χ4n) is 1.30. The molecule has 0 atom stereocenters. The predicted octanol–water partition coefficient (Wildman–Crippen LogP) is 0.380. The summed E-state index contributed by atoms with van der Waals surface area (Å²) >= 11 is 0. The van der Waals surface area contributed by atoms with Crippen LogP contribution in [0.15, 0.2) is 6.33 Å². The number of rotatable bonds is 2. The Morgan fingerprint density at radius 1 is 1.14 bits per heavy atom. The van der Waals surface area contributed by atoms with Crippen LogP contribution in [0.1, 0.15) is 0 Å². The first-order valence-electron chi connectivity index (χ1n) is 4.03. The SMILES string of the molecule is COc1nnc(OC)c2c1ncn2C. The molecule has 0 saturated heterocycles. The third-order valence-electron chi connectivity index (χ3n) is 1.96. The van der Waals surface area contributed by atoms with Crippen LogP contribution in [-0.2, 0) is 7.05 Å². The molecule has 0 unspecified atom stereocenters. The van der Waals surface area contributed by atoms with E-state index in [0.717, 1.165) is 5.52 Å². The van der Waals surface area contributed by atoms with Crippen molar-refractivity contribution in [2.45, 2.75) is 0 Å². The number of ether oxygens (including phenoxy) is 2. The Hall–Kier alpha value is -1.85. The summed E-state index contributed by atoms with van der Waals surface area (Å²) in [6.45, 7) is 0. The van der Waals surface area contributed by atoms with Gasteiger partial charge in [0.15, 0.2) is 5.52 Å². The van der Waals surface area contributed by atoms with Crippen molar-refractivity contribution in [1.29, 1.82) is 0 Å². The molecule has 0 amide bonds. The zero-order valence-corrected chi connectivity index (χ0v) is 8.18. The molecule has 2 aromatic heterocycles. The summed E-state index contributed by atoms with van der Waals surface area (Å²) in [5.74, 6) is 0.849. The zero-order chi connectivity index (χ0) is 10.1. The third kappa shape index (κ3) is 1.07. The van der Waals surface area contributed by atoms with E-state index in [2.05, 4.69) is 15.2 Å². The van der Waals surface area contributed by atoms with Gasteiger partial charge in [-0.15, -0.1) is 10.2 Å². The minimum Gasteiger partial charge on any atom is -0.478 e. The van der Waals surface area contributed by atoms with Crippen molar-refractivity contribution in [3.63, 3.8) is 0 Å². The number of aromatic nitrogens is 4. The summed E-state index contributed by atoms with van der Waals surface area (Å²) in [6, 6.07) is 0. The van der Waals surface area contributed by atoms with Gasteiger partial charge >= 0.3 is 0 Å². The highest BCUT2D eigenvalue weighted by Gasteiger charge is 2.14. The van der Waals surface area contributed by atoms with E-state index in [0.29, 0.717) is 17.3 Å². The number of aryl methyl sites for hydroxylation is 1. The quantitative estimate of drug-likeness (QED) is 0.691. The number of hydrogen-bond acceptors (Lipinski definition) is 5. The number of fused-ring (bicyclic) bond motifs is 1. The highest BCUT2D eigenvalue weighted by Crippen LogP contribution is 2.26. The smallest absolute Gasteiger partial charge is 0.261 e. The Labute approximate surface area is 80.5 Å². The Bertz CT molecular complexity index is 466. The van der Waals surface area contributed by atoms with Crippen LogP contribution in [0.3, 0.4) is 0 Å². The topological polar surface area (TPSA) is 62.1 Å². The van der Waals surface area contributed by atoms with Gasteiger partial charge in [-0.25, -0.2) is 4.98 Å². The summed E-state index contributed by atoms with van der Waals surface area (Å²) in [4.78, 5) is 4.15. The van der Waals surface area contributed by atoms with Crippen LogP contribution in [-0.4, -0.2) is 34.0 Å². The van der Waals surface area contributed by atoms with E-state index in [1.54, 1.807) is 13.4 Å². The molecule has 0 aliphatic rings. The van der Waals surface area contributed by atoms with E-state index >= 15 is 0 Å². The molecule has 6 heteroatoms. The first-order chi connectivity index (χ1) is 6.77. The van der Waals surface area contributed by atoms with E-state index in [9.17, 15) is 0 Å². The molecule has 0 spiro atoms. The summed E-state index contributed by atoms with van der Waals surface area (Å²) in [5.41, 5.74) is 1.43. The second-order valence-electron chi connectivity index (χ2n) is 2.77. The van der Waals surface area contributed by atoms with E-state index in [1.807, 2.05) is 11.6 Å². The van der Waals surface area contributed by atoms with Crippen LogP contribution < -0.4 is 9.47 Å². The number of methoxy groups -OCH3 is 2. The monoisotopic (exact) mass is 194 g/mol. The maximum absolute atomic E-state index is 5.08. The van der Waals surface area contributed by atoms with E-state index in [4.69, 9.17) is 9.47 Å². The van der Waals surface area contributed by atoms with Crippen LogP contribution in [0.25, 0.3) is 11.0 Å². The highest BCUT2D eigenvalue weighted by atomic mass is 16.5. The van der Waals surface area contributed by atoms with Crippen LogP contribution in [0.4, 0.5) is 0 Å². The zero-order valence-electron chi connectivity index (χ0n) is 8.18. The third-order valence-corrected chi connectivity index (χ3v) is 1.96. The molecule has 2 aromatic rings. The number of imidazole rings is 1. The Balaban J connectivity index is 2.81. The molecule has 74 valence electrons. The second kappa shape index (κ2) is 3.13. The lowest BCUT2D eigenvalue weighted by atomic mass is 10.4. The van der Waals surface area contributed by atoms with Crippen molar-refractivity contribution in [3.05, 3.63) is 6.33 Å². The molecule has 2 rings (SSSR count). The Kier molecular flexibility index (Phi) is 1.95. The Morgan fingerprint density at radius 3 is 2.43 bits per heavy atom. The van der Waals surface area contributed by atoms with Crippen molar-refractivity contribution in [2.24, 2.45) is 7.05 Å². The van der Waals surface area contributed by atoms with Crippen LogP contribution in [0.5, 0.6) is 11.8 Å². The molecule has 0 radical (unpaired) electrons. The van der Waals surface area contributed by atoms with Gasteiger partial charge in [-0.2, -0.15) is 0 Å². The van der Waals surface area contributed by atoms with Crippen LogP contribution >= 0.6 is 0 Å². The standard InChI is InChI=1S/C8H10N4O2/c1-12-4-9-5-6(12)8(14-3)11-10-7(5)13-2/h4H,1-3H3. The van der Waals surface area contributed by atoms with Crippen molar-refractivity contribution in [3.8, 4) is 11.8 Å². The predicted molar refractivity (Wildman–Crippen MR) is 49.4 cm³/mol. The number of hydrogen-bond donors (Lipinski definition) is 0. The second-order valence-corrected chi connectivity index (χ2v) is 2.77. The fourth-order valence-corrected chi connectivity index (χ4v) is 1.30. The van der Waals surface area contributed by atoms with Crippen molar-refractivity contribution in [1.82, 2.24) is 19.7 Å². The van der Waals surface area contributed by atoms with Crippen molar-refractivity contribution < 1.29 is 9.47 Å². The number of nitrogens with zero attached hydrogens (tertiary/aromatic N) is 4. The first-order valence-corrected chi connectivity index (χ1v) is 4.03. The normalized spacial score (nSPS) is 10.5. The van der Waals surface area contributed by atoms with Gasteiger partial charge in [0.2, 0.25) is 0 Å². The van der Waals surface area contributed by atoms with E-state index in [-0.39, 0.29) is 0 Å². The van der Waals surface area contributed by atoms with Gasteiger partial charge in [-0.3, -0.25) is 0 Å². The lowest BCUT2D eigenvalue weighted by molar-refractivity contribution is 0.374. The molecule has 2 heterocycles. The molecule has 0 saturated carbocycles. The summed E-state index contributed by atoms with van der Waals surface area (Å²) in [6.07, 6.45) is 1.67. The molecule has 0 aliphatic carbocycles. The van der Waals surface area contributed by atoms with Crippen LogP contribution in [0, 0.1) is 0 Å². The largest absolute Gasteiger partial charge is 0.478 e. The average Bonchev–Trinajstić information content (AvgIpc) is 2.60. The summed E-state index contributed by atoms with van der Waals surface area (Å²) in [5, 5.41) is 7.71. The highest BCUT2D eigenvalue weighted by molar-refractivity contribution is 5.84. The van der Waals surface area contributed by atoms with Gasteiger partial charge in [0.25, 0.3) is 11.8 Å². The average molecular weight is 194 g/mol. The Morgan fingerprint density at radius 2 is 1.79 bits per heavy atom. The lowest BCUT2D eigenvalue weighted by Gasteiger charge is -2.03. The van der Waals surface area contributed by atoms with Gasteiger partial charge in [0.05, 0.1) is 20.5 Å². The van der Waals surface area contributed by atoms with Gasteiger partial charge in [-0.1, -0.05) is 0 Å². The minimum atomic E-state index is 0.404. The maximum Gasteiger partial charge on any atom is 0.261 e. The van der Waals surface area contributed by atoms with Crippen molar-refractivity contribution >= 4 is 11.0 Å². The molecule has 0 aliphatic heterocycles.